The fraction of sp³-hybridized carbons (Fsp3) is 0.667. The molecule has 19 heavy (non-hydrogen) atoms. The number of halogens is 1. The molecule has 2 rings (SSSR count). The Bertz CT molecular complexity index is 420. The van der Waals surface area contributed by atoms with Crippen LogP contribution < -0.4 is 10.2 Å². The number of aromatic nitrogens is 1. The zero-order valence-corrected chi connectivity index (χ0v) is 12.9. The van der Waals surface area contributed by atoms with Crippen molar-refractivity contribution in [3.8, 4) is 0 Å². The second-order valence-electron chi connectivity index (χ2n) is 5.67. The van der Waals surface area contributed by atoms with Gasteiger partial charge >= 0.3 is 0 Å². The molecule has 2 heterocycles. The minimum absolute atomic E-state index is 0.733. The van der Waals surface area contributed by atoms with Crippen LogP contribution in [0.4, 0.5) is 5.82 Å². The molecule has 1 fully saturated rings. The zero-order chi connectivity index (χ0) is 13.8. The van der Waals surface area contributed by atoms with Crippen LogP contribution >= 0.6 is 11.6 Å². The lowest BCUT2D eigenvalue weighted by Crippen LogP contribution is -2.22. The molecule has 1 aromatic rings. The van der Waals surface area contributed by atoms with Gasteiger partial charge in [-0.2, -0.15) is 0 Å². The van der Waals surface area contributed by atoms with Crippen LogP contribution in [0.1, 0.15) is 32.8 Å². The van der Waals surface area contributed by atoms with E-state index in [9.17, 15) is 0 Å². The molecule has 1 aromatic heterocycles. The summed E-state index contributed by atoms with van der Waals surface area (Å²) in [6.07, 6.45) is 3.18. The summed E-state index contributed by atoms with van der Waals surface area (Å²) >= 11 is 6.38. The smallest absolute Gasteiger partial charge is 0.147 e. The van der Waals surface area contributed by atoms with E-state index in [-0.39, 0.29) is 0 Å². The van der Waals surface area contributed by atoms with Gasteiger partial charge < -0.3 is 10.2 Å². The Kier molecular flexibility index (Phi) is 5.06. The van der Waals surface area contributed by atoms with Gasteiger partial charge in [0.1, 0.15) is 5.82 Å². The lowest BCUT2D eigenvalue weighted by atomic mass is 9.95. The second-order valence-corrected chi connectivity index (χ2v) is 6.08. The molecule has 0 radical (unpaired) electrons. The van der Waals surface area contributed by atoms with Gasteiger partial charge in [-0.15, -0.1) is 0 Å². The van der Waals surface area contributed by atoms with E-state index in [1.165, 1.54) is 6.42 Å². The van der Waals surface area contributed by atoms with E-state index in [2.05, 4.69) is 36.0 Å². The number of nitrogens with one attached hydrogen (secondary N) is 1. The minimum Gasteiger partial charge on any atom is -0.355 e. The quantitative estimate of drug-likeness (QED) is 0.897. The van der Waals surface area contributed by atoms with Crippen LogP contribution in [0.25, 0.3) is 0 Å². The first-order chi connectivity index (χ1) is 9.11. The summed E-state index contributed by atoms with van der Waals surface area (Å²) in [5, 5.41) is 4.07. The van der Waals surface area contributed by atoms with E-state index in [0.29, 0.717) is 0 Å². The van der Waals surface area contributed by atoms with Crippen molar-refractivity contribution in [1.82, 2.24) is 10.3 Å². The predicted molar refractivity (Wildman–Crippen MR) is 81.8 cm³/mol. The Morgan fingerprint density at radius 1 is 1.53 bits per heavy atom. The fourth-order valence-corrected chi connectivity index (χ4v) is 2.90. The van der Waals surface area contributed by atoms with E-state index < -0.39 is 0 Å². The highest BCUT2D eigenvalue weighted by Gasteiger charge is 2.26. The predicted octanol–water partition coefficient (Wildman–Crippen LogP) is 3.33. The molecule has 1 atom stereocenters. The summed E-state index contributed by atoms with van der Waals surface area (Å²) in [5.74, 6) is 2.45. The molecule has 0 aliphatic carbocycles. The zero-order valence-electron chi connectivity index (χ0n) is 12.1. The van der Waals surface area contributed by atoms with Gasteiger partial charge in [0, 0.05) is 25.8 Å². The summed E-state index contributed by atoms with van der Waals surface area (Å²) < 4.78 is 0. The van der Waals surface area contributed by atoms with Crippen molar-refractivity contribution in [3.63, 3.8) is 0 Å². The first-order valence-corrected chi connectivity index (χ1v) is 7.59. The lowest BCUT2D eigenvalue weighted by molar-refractivity contribution is 0.422. The van der Waals surface area contributed by atoms with E-state index >= 15 is 0 Å². The average molecular weight is 282 g/mol. The summed E-state index contributed by atoms with van der Waals surface area (Å²) in [6.45, 7) is 10.6. The molecule has 1 aliphatic heterocycles. The van der Waals surface area contributed by atoms with Gasteiger partial charge in [-0.25, -0.2) is 4.98 Å². The Hall–Kier alpha value is -0.800. The Morgan fingerprint density at radius 3 is 2.89 bits per heavy atom. The molecule has 0 bridgehead atoms. The van der Waals surface area contributed by atoms with Crippen molar-refractivity contribution >= 4 is 17.4 Å². The SMILES string of the molecule is CCNCc1cnc(N2CCC(C(C)C)C2)c(Cl)c1. The van der Waals surface area contributed by atoms with Crippen molar-refractivity contribution in [2.45, 2.75) is 33.7 Å². The van der Waals surface area contributed by atoms with E-state index in [4.69, 9.17) is 11.6 Å². The monoisotopic (exact) mass is 281 g/mol. The third-order valence-electron chi connectivity index (χ3n) is 3.92. The van der Waals surface area contributed by atoms with Crippen molar-refractivity contribution < 1.29 is 0 Å². The third-order valence-corrected chi connectivity index (χ3v) is 4.20. The summed E-state index contributed by atoms with van der Waals surface area (Å²) in [5.41, 5.74) is 1.15. The van der Waals surface area contributed by atoms with Crippen LogP contribution in [-0.2, 0) is 6.54 Å². The van der Waals surface area contributed by atoms with Crippen LogP contribution in [0.5, 0.6) is 0 Å². The maximum absolute atomic E-state index is 6.38. The maximum atomic E-state index is 6.38. The molecule has 3 nitrogen and oxygen atoms in total. The molecular weight excluding hydrogens is 258 g/mol. The molecule has 1 unspecified atom stereocenters. The number of rotatable bonds is 5. The highest BCUT2D eigenvalue weighted by Crippen LogP contribution is 2.31. The number of nitrogens with zero attached hydrogens (tertiary/aromatic N) is 2. The molecule has 1 aliphatic rings. The number of hydrogen-bond donors (Lipinski definition) is 1. The fourth-order valence-electron chi connectivity index (χ4n) is 2.59. The van der Waals surface area contributed by atoms with Crippen LogP contribution in [0.15, 0.2) is 12.3 Å². The molecule has 106 valence electrons. The van der Waals surface area contributed by atoms with Gasteiger partial charge in [0.2, 0.25) is 0 Å². The molecule has 1 N–H and O–H groups in total. The van der Waals surface area contributed by atoms with Crippen molar-refractivity contribution in [3.05, 3.63) is 22.8 Å². The Balaban J connectivity index is 2.05. The Morgan fingerprint density at radius 2 is 2.32 bits per heavy atom. The minimum atomic E-state index is 0.733. The first kappa shape index (κ1) is 14.6. The average Bonchev–Trinajstić information content (AvgIpc) is 2.86. The second kappa shape index (κ2) is 6.58. The van der Waals surface area contributed by atoms with E-state index in [1.807, 2.05) is 12.3 Å². The van der Waals surface area contributed by atoms with Gasteiger partial charge in [0.05, 0.1) is 5.02 Å². The largest absolute Gasteiger partial charge is 0.355 e. The van der Waals surface area contributed by atoms with Gasteiger partial charge in [0.25, 0.3) is 0 Å². The van der Waals surface area contributed by atoms with Crippen molar-refractivity contribution in [2.24, 2.45) is 11.8 Å². The van der Waals surface area contributed by atoms with Gasteiger partial charge in [-0.3, -0.25) is 0 Å². The maximum Gasteiger partial charge on any atom is 0.147 e. The van der Waals surface area contributed by atoms with Gasteiger partial charge in [-0.1, -0.05) is 32.4 Å². The molecule has 0 amide bonds. The molecular formula is C15H24ClN3. The molecule has 0 saturated carbocycles. The van der Waals surface area contributed by atoms with E-state index in [1.54, 1.807) is 0 Å². The van der Waals surface area contributed by atoms with Crippen LogP contribution in [-0.4, -0.2) is 24.6 Å². The Labute approximate surface area is 121 Å². The van der Waals surface area contributed by atoms with E-state index in [0.717, 1.165) is 54.4 Å². The number of pyridine rings is 1. The summed E-state index contributed by atoms with van der Waals surface area (Å²) in [6, 6.07) is 2.04. The van der Waals surface area contributed by atoms with Crippen molar-refractivity contribution in [2.75, 3.05) is 24.5 Å². The molecule has 4 heteroatoms. The normalized spacial score (nSPS) is 19.4. The molecule has 1 saturated heterocycles. The van der Waals surface area contributed by atoms with Gasteiger partial charge in [0.15, 0.2) is 0 Å². The van der Waals surface area contributed by atoms with Crippen LogP contribution in [0.2, 0.25) is 5.02 Å². The number of anilines is 1. The summed E-state index contributed by atoms with van der Waals surface area (Å²) in [7, 11) is 0. The highest BCUT2D eigenvalue weighted by atomic mass is 35.5. The lowest BCUT2D eigenvalue weighted by Gasteiger charge is -2.20. The highest BCUT2D eigenvalue weighted by molar-refractivity contribution is 6.33. The topological polar surface area (TPSA) is 28.2 Å². The molecule has 0 aromatic carbocycles. The first-order valence-electron chi connectivity index (χ1n) is 7.22. The van der Waals surface area contributed by atoms with Crippen molar-refractivity contribution in [1.29, 1.82) is 0 Å². The van der Waals surface area contributed by atoms with Crippen LogP contribution in [0, 0.1) is 11.8 Å². The third kappa shape index (κ3) is 3.61. The van der Waals surface area contributed by atoms with Crippen LogP contribution in [0.3, 0.4) is 0 Å². The standard InChI is InChI=1S/C15H24ClN3/c1-4-17-8-12-7-14(16)15(18-9-12)19-6-5-13(10-19)11(2)3/h7,9,11,13,17H,4-6,8,10H2,1-3H3. The summed E-state index contributed by atoms with van der Waals surface area (Å²) in [4.78, 5) is 6.88. The van der Waals surface area contributed by atoms with Gasteiger partial charge in [-0.05, 0) is 36.4 Å². The number of hydrogen-bond acceptors (Lipinski definition) is 3. The molecule has 0 spiro atoms.